The van der Waals surface area contributed by atoms with Crippen molar-refractivity contribution in [2.45, 2.75) is 6.92 Å². The number of anilines is 1. The maximum absolute atomic E-state index is 12.6. The number of ketones is 1. The van der Waals surface area contributed by atoms with Crippen LogP contribution in [0.3, 0.4) is 0 Å². The number of rotatable bonds is 7. The van der Waals surface area contributed by atoms with Crippen molar-refractivity contribution in [3.05, 3.63) is 91.7 Å². The molecule has 0 fully saturated rings. The summed E-state index contributed by atoms with van der Waals surface area (Å²) in [6.07, 6.45) is 0. The van der Waals surface area contributed by atoms with Crippen LogP contribution < -0.4 is 5.32 Å². The second-order valence-corrected chi connectivity index (χ2v) is 7.13. The van der Waals surface area contributed by atoms with Crippen molar-refractivity contribution in [1.82, 2.24) is 0 Å². The zero-order chi connectivity index (χ0) is 21.7. The van der Waals surface area contributed by atoms with Crippen LogP contribution in [0.4, 0.5) is 11.4 Å². The van der Waals surface area contributed by atoms with Crippen LogP contribution in [0.2, 0.25) is 0 Å². The Morgan fingerprint density at radius 1 is 1.03 bits per heavy atom. The van der Waals surface area contributed by atoms with E-state index in [0.717, 1.165) is 0 Å². The minimum Gasteiger partial charge on any atom is -0.452 e. The Morgan fingerprint density at radius 2 is 1.77 bits per heavy atom. The summed E-state index contributed by atoms with van der Waals surface area (Å²) in [5.41, 5.74) is 0.633. The quantitative estimate of drug-likeness (QED) is 0.265. The molecular weight excluding hydrogens is 408 g/mol. The Kier molecular flexibility index (Phi) is 6.33. The number of benzene rings is 2. The molecule has 3 rings (SSSR count). The average Bonchev–Trinajstić information content (AvgIpc) is 3.27. The van der Waals surface area contributed by atoms with Gasteiger partial charge in [-0.1, -0.05) is 30.3 Å². The molecule has 1 amide bonds. The summed E-state index contributed by atoms with van der Waals surface area (Å²) in [6.45, 7) is 0.898. The molecule has 0 aliphatic heterocycles. The number of hydrogen-bond acceptors (Lipinski definition) is 7. The third-order valence-electron chi connectivity index (χ3n) is 4.25. The van der Waals surface area contributed by atoms with E-state index in [4.69, 9.17) is 4.74 Å². The molecule has 0 unspecified atom stereocenters. The number of carbonyl (C=O) groups is 3. The summed E-state index contributed by atoms with van der Waals surface area (Å²) < 4.78 is 5.05. The molecule has 0 saturated carbocycles. The third-order valence-corrected chi connectivity index (χ3v) is 5.12. The Labute approximate surface area is 175 Å². The maximum atomic E-state index is 12.6. The number of thiophene rings is 1. The van der Waals surface area contributed by atoms with Crippen LogP contribution in [0.5, 0.6) is 0 Å². The summed E-state index contributed by atoms with van der Waals surface area (Å²) in [7, 11) is 0. The van der Waals surface area contributed by atoms with Gasteiger partial charge in [-0.15, -0.1) is 11.3 Å². The van der Waals surface area contributed by atoms with Crippen molar-refractivity contribution >= 4 is 40.4 Å². The van der Waals surface area contributed by atoms with Crippen LogP contribution in [0.1, 0.15) is 31.2 Å². The van der Waals surface area contributed by atoms with Crippen LogP contribution in [0, 0.1) is 17.0 Å². The van der Waals surface area contributed by atoms with Crippen molar-refractivity contribution in [2.24, 2.45) is 0 Å². The zero-order valence-corrected chi connectivity index (χ0v) is 16.6. The number of ether oxygens (including phenoxy) is 1. The molecule has 30 heavy (non-hydrogen) atoms. The predicted molar refractivity (Wildman–Crippen MR) is 111 cm³/mol. The molecule has 2 aromatic carbocycles. The molecule has 0 aliphatic rings. The summed E-state index contributed by atoms with van der Waals surface area (Å²) in [4.78, 5) is 48.2. The fraction of sp³-hybridized carbons (Fsp3) is 0.0952. The van der Waals surface area contributed by atoms with Crippen LogP contribution in [0.25, 0.3) is 0 Å². The van der Waals surface area contributed by atoms with Crippen molar-refractivity contribution < 1.29 is 24.0 Å². The van der Waals surface area contributed by atoms with Gasteiger partial charge in [0.1, 0.15) is 0 Å². The monoisotopic (exact) mass is 424 g/mol. The molecule has 1 aromatic heterocycles. The number of esters is 1. The van der Waals surface area contributed by atoms with Crippen LogP contribution in [-0.4, -0.2) is 29.2 Å². The lowest BCUT2D eigenvalue weighted by Gasteiger charge is -2.10. The first-order chi connectivity index (χ1) is 14.4. The molecule has 3 aromatic rings. The molecule has 0 atom stereocenters. The van der Waals surface area contributed by atoms with E-state index in [0.29, 0.717) is 4.88 Å². The van der Waals surface area contributed by atoms with E-state index < -0.39 is 23.4 Å². The summed E-state index contributed by atoms with van der Waals surface area (Å²) in [5, 5.41) is 15.2. The van der Waals surface area contributed by atoms with Gasteiger partial charge in [0.2, 0.25) is 5.78 Å². The Balaban J connectivity index is 1.68. The van der Waals surface area contributed by atoms with Gasteiger partial charge >= 0.3 is 5.97 Å². The van der Waals surface area contributed by atoms with Gasteiger partial charge < -0.3 is 10.1 Å². The van der Waals surface area contributed by atoms with E-state index in [1.54, 1.807) is 29.6 Å². The van der Waals surface area contributed by atoms with Crippen molar-refractivity contribution in [1.29, 1.82) is 0 Å². The predicted octanol–water partition coefficient (Wildman–Crippen LogP) is 3.99. The number of amides is 1. The van der Waals surface area contributed by atoms with E-state index in [2.05, 4.69) is 5.32 Å². The van der Waals surface area contributed by atoms with Crippen LogP contribution in [-0.2, 0) is 9.53 Å². The molecule has 8 nitrogen and oxygen atoms in total. The molecule has 152 valence electrons. The standard InChI is InChI=1S/C21H16N2O6S/c1-13-16(8-4-9-17(13)23(27)28)22-19(24)12-29-21(26)15-7-3-2-6-14(15)20(25)18-10-5-11-30-18/h2-11H,12H2,1H3,(H,22,24). The van der Waals surface area contributed by atoms with Crippen molar-refractivity contribution in [2.75, 3.05) is 11.9 Å². The molecule has 1 N–H and O–H groups in total. The molecular formula is C21H16N2O6S. The first-order valence-corrected chi connectivity index (χ1v) is 9.64. The lowest BCUT2D eigenvalue weighted by Crippen LogP contribution is -2.22. The number of hydrogen-bond donors (Lipinski definition) is 1. The molecule has 1 heterocycles. The second-order valence-electron chi connectivity index (χ2n) is 6.18. The highest BCUT2D eigenvalue weighted by atomic mass is 32.1. The number of nitrogens with one attached hydrogen (secondary N) is 1. The molecule has 9 heteroatoms. The summed E-state index contributed by atoms with van der Waals surface area (Å²) in [6, 6.07) is 13.9. The maximum Gasteiger partial charge on any atom is 0.339 e. The Bertz CT molecular complexity index is 1120. The lowest BCUT2D eigenvalue weighted by molar-refractivity contribution is -0.385. The van der Waals surface area contributed by atoms with Crippen molar-refractivity contribution in [3.63, 3.8) is 0 Å². The van der Waals surface area contributed by atoms with Gasteiger partial charge in [-0.2, -0.15) is 0 Å². The topological polar surface area (TPSA) is 116 Å². The van der Waals surface area contributed by atoms with E-state index in [1.165, 1.54) is 48.6 Å². The summed E-state index contributed by atoms with van der Waals surface area (Å²) in [5.74, 6) is -1.79. The van der Waals surface area contributed by atoms with Crippen molar-refractivity contribution in [3.8, 4) is 0 Å². The molecule has 0 bridgehead atoms. The Morgan fingerprint density at radius 3 is 2.43 bits per heavy atom. The number of nitrogens with zero attached hydrogens (tertiary/aromatic N) is 1. The van der Waals surface area contributed by atoms with Gasteiger partial charge in [-0.05, 0) is 30.5 Å². The number of nitro groups is 1. The minimum atomic E-state index is -0.818. The SMILES string of the molecule is Cc1c(NC(=O)COC(=O)c2ccccc2C(=O)c2cccs2)cccc1[N+](=O)[O-]. The molecule has 0 saturated heterocycles. The lowest BCUT2D eigenvalue weighted by atomic mass is 10.0. The van der Waals surface area contributed by atoms with Crippen LogP contribution in [0.15, 0.2) is 60.0 Å². The highest BCUT2D eigenvalue weighted by molar-refractivity contribution is 7.12. The fourth-order valence-corrected chi connectivity index (χ4v) is 3.43. The molecule has 0 spiro atoms. The number of nitro benzene ring substituents is 1. The van der Waals surface area contributed by atoms with Gasteiger partial charge in [0.25, 0.3) is 11.6 Å². The van der Waals surface area contributed by atoms with Gasteiger partial charge in [-0.3, -0.25) is 19.7 Å². The first kappa shape index (κ1) is 20.9. The van der Waals surface area contributed by atoms with E-state index in [9.17, 15) is 24.5 Å². The zero-order valence-electron chi connectivity index (χ0n) is 15.8. The van der Waals surface area contributed by atoms with E-state index >= 15 is 0 Å². The van der Waals surface area contributed by atoms with Gasteiger partial charge in [0, 0.05) is 11.6 Å². The highest BCUT2D eigenvalue weighted by Gasteiger charge is 2.21. The van der Waals surface area contributed by atoms with E-state index in [1.807, 2.05) is 0 Å². The third kappa shape index (κ3) is 4.58. The second kappa shape index (κ2) is 9.10. The molecule has 0 aliphatic carbocycles. The minimum absolute atomic E-state index is 0.0511. The van der Waals surface area contributed by atoms with Gasteiger partial charge in [0.15, 0.2) is 6.61 Å². The fourth-order valence-electron chi connectivity index (χ4n) is 2.75. The van der Waals surface area contributed by atoms with Gasteiger partial charge in [0.05, 0.1) is 26.6 Å². The Hall–Kier alpha value is -3.85. The van der Waals surface area contributed by atoms with E-state index in [-0.39, 0.29) is 33.8 Å². The normalized spacial score (nSPS) is 10.3. The highest BCUT2D eigenvalue weighted by Crippen LogP contribution is 2.25. The number of carbonyl (C=O) groups excluding carboxylic acids is 3. The molecule has 0 radical (unpaired) electrons. The largest absolute Gasteiger partial charge is 0.452 e. The van der Waals surface area contributed by atoms with Crippen LogP contribution >= 0.6 is 11.3 Å². The first-order valence-electron chi connectivity index (χ1n) is 8.76. The smallest absolute Gasteiger partial charge is 0.339 e. The summed E-state index contributed by atoms with van der Waals surface area (Å²) >= 11 is 1.26. The van der Waals surface area contributed by atoms with Gasteiger partial charge in [-0.25, -0.2) is 4.79 Å². The average molecular weight is 424 g/mol.